The minimum atomic E-state index is -0.399. The Labute approximate surface area is 187 Å². The van der Waals surface area contributed by atoms with Crippen LogP contribution < -0.4 is 5.32 Å². The zero-order valence-electron chi connectivity index (χ0n) is 19.3. The molecule has 1 N–H and O–H groups in total. The lowest BCUT2D eigenvalue weighted by molar-refractivity contribution is -0.140. The molecule has 2 fully saturated rings. The van der Waals surface area contributed by atoms with Crippen LogP contribution in [0.3, 0.4) is 0 Å². The summed E-state index contributed by atoms with van der Waals surface area (Å²) in [5, 5.41) is 3.14. The summed E-state index contributed by atoms with van der Waals surface area (Å²) in [4.78, 5) is 30.4. The van der Waals surface area contributed by atoms with Gasteiger partial charge in [-0.25, -0.2) is 0 Å². The molecular weight excluding hydrogens is 386 g/mol. The highest BCUT2D eigenvalue weighted by Crippen LogP contribution is 2.24. The molecule has 0 aromatic heterocycles. The van der Waals surface area contributed by atoms with Gasteiger partial charge in [-0.15, -0.1) is 0 Å². The minimum Gasteiger partial charge on any atom is -0.344 e. The van der Waals surface area contributed by atoms with Crippen LogP contribution >= 0.6 is 0 Å². The van der Waals surface area contributed by atoms with Gasteiger partial charge in [0.1, 0.15) is 6.04 Å². The van der Waals surface area contributed by atoms with Gasteiger partial charge < -0.3 is 10.2 Å². The van der Waals surface area contributed by atoms with E-state index in [1.807, 2.05) is 23.1 Å². The van der Waals surface area contributed by atoms with Crippen LogP contribution in [0.1, 0.15) is 57.9 Å². The van der Waals surface area contributed by atoms with E-state index in [0.29, 0.717) is 0 Å². The first kappa shape index (κ1) is 23.5. The first-order chi connectivity index (χ1) is 15.1. The van der Waals surface area contributed by atoms with Crippen molar-refractivity contribution in [2.75, 3.05) is 32.7 Å². The summed E-state index contributed by atoms with van der Waals surface area (Å²) >= 11 is 0. The fourth-order valence-corrected chi connectivity index (χ4v) is 4.57. The third-order valence-corrected chi connectivity index (χ3v) is 6.91. The molecule has 2 amide bonds. The number of piperazine rings is 1. The highest BCUT2D eigenvalue weighted by atomic mass is 16.2. The number of carbonyl (C=O) groups excluding carboxylic acids is 2. The molecule has 5 heteroatoms. The number of benzene rings is 1. The standard InChI is InChI=1S/C26H39N3O2/c1-3-21(2)24(27-25(30)23-14-8-5-9-15-23)26(31)29-19-17-28(18-20-29)16-10-13-22-11-6-4-7-12-22/h4,6-7,10-13,21,23-24H,3,5,8-9,14-20H2,1-2H3,(H,27,30)/b13-10+. The molecule has 2 atom stereocenters. The Bertz CT molecular complexity index is 719. The predicted molar refractivity (Wildman–Crippen MR) is 126 cm³/mol. The van der Waals surface area contributed by atoms with E-state index in [9.17, 15) is 9.59 Å². The van der Waals surface area contributed by atoms with Gasteiger partial charge in [-0.3, -0.25) is 14.5 Å². The molecule has 1 aromatic rings. The Morgan fingerprint density at radius 1 is 1.06 bits per heavy atom. The molecule has 0 radical (unpaired) electrons. The minimum absolute atomic E-state index is 0.0846. The Hall–Kier alpha value is -2.14. The molecular formula is C26H39N3O2. The second-order valence-electron chi connectivity index (χ2n) is 9.15. The van der Waals surface area contributed by atoms with E-state index in [4.69, 9.17) is 0 Å². The van der Waals surface area contributed by atoms with Crippen molar-refractivity contribution >= 4 is 17.9 Å². The van der Waals surface area contributed by atoms with Crippen LogP contribution in [-0.4, -0.2) is 60.4 Å². The van der Waals surface area contributed by atoms with Gasteiger partial charge in [0.05, 0.1) is 0 Å². The van der Waals surface area contributed by atoms with Gasteiger partial charge in [0.2, 0.25) is 11.8 Å². The first-order valence-electron chi connectivity index (χ1n) is 12.1. The monoisotopic (exact) mass is 425 g/mol. The maximum Gasteiger partial charge on any atom is 0.245 e. The van der Waals surface area contributed by atoms with Gasteiger partial charge in [-0.05, 0) is 24.3 Å². The molecule has 1 heterocycles. The van der Waals surface area contributed by atoms with E-state index >= 15 is 0 Å². The van der Waals surface area contributed by atoms with Crippen molar-refractivity contribution in [1.29, 1.82) is 0 Å². The molecule has 2 aliphatic rings. The lowest BCUT2D eigenvalue weighted by Gasteiger charge is -2.37. The van der Waals surface area contributed by atoms with Gasteiger partial charge in [-0.1, -0.05) is 82.0 Å². The van der Waals surface area contributed by atoms with Gasteiger partial charge >= 0.3 is 0 Å². The van der Waals surface area contributed by atoms with Crippen molar-refractivity contribution in [1.82, 2.24) is 15.1 Å². The molecule has 5 nitrogen and oxygen atoms in total. The summed E-state index contributed by atoms with van der Waals surface area (Å²) in [5.74, 6) is 0.411. The second-order valence-corrected chi connectivity index (χ2v) is 9.15. The number of amides is 2. The zero-order valence-corrected chi connectivity index (χ0v) is 19.3. The Balaban J connectivity index is 1.50. The fourth-order valence-electron chi connectivity index (χ4n) is 4.57. The van der Waals surface area contributed by atoms with E-state index in [-0.39, 0.29) is 23.7 Å². The summed E-state index contributed by atoms with van der Waals surface area (Å²) in [7, 11) is 0. The molecule has 2 unspecified atom stereocenters. The van der Waals surface area contributed by atoms with E-state index in [1.54, 1.807) is 0 Å². The summed E-state index contributed by atoms with van der Waals surface area (Å²) in [6, 6.07) is 9.92. The van der Waals surface area contributed by atoms with Crippen molar-refractivity contribution in [3.05, 3.63) is 42.0 Å². The topological polar surface area (TPSA) is 52.7 Å². The highest BCUT2D eigenvalue weighted by Gasteiger charge is 2.33. The molecule has 170 valence electrons. The van der Waals surface area contributed by atoms with E-state index in [2.05, 4.69) is 48.3 Å². The number of carbonyl (C=O) groups is 2. The summed E-state index contributed by atoms with van der Waals surface area (Å²) in [5.41, 5.74) is 1.21. The Morgan fingerprint density at radius 3 is 2.39 bits per heavy atom. The number of hydrogen-bond donors (Lipinski definition) is 1. The SMILES string of the molecule is CCC(C)C(NC(=O)C1CCCCC1)C(=O)N1CCN(C/C=C/c2ccccc2)CC1. The third-order valence-electron chi connectivity index (χ3n) is 6.91. The molecule has 1 aliphatic carbocycles. The van der Waals surface area contributed by atoms with Gasteiger partial charge in [0, 0.05) is 38.6 Å². The van der Waals surface area contributed by atoms with Crippen LogP contribution in [-0.2, 0) is 9.59 Å². The fraction of sp³-hybridized carbons (Fsp3) is 0.615. The number of hydrogen-bond acceptors (Lipinski definition) is 3. The van der Waals surface area contributed by atoms with Crippen molar-refractivity contribution in [2.45, 2.75) is 58.4 Å². The van der Waals surface area contributed by atoms with Gasteiger partial charge in [0.15, 0.2) is 0 Å². The molecule has 0 bridgehead atoms. The highest BCUT2D eigenvalue weighted by molar-refractivity contribution is 5.88. The molecule has 1 aromatic carbocycles. The van der Waals surface area contributed by atoms with Crippen molar-refractivity contribution < 1.29 is 9.59 Å². The van der Waals surface area contributed by atoms with E-state index in [1.165, 1.54) is 12.0 Å². The van der Waals surface area contributed by atoms with Crippen LogP contribution in [0.2, 0.25) is 0 Å². The maximum atomic E-state index is 13.3. The van der Waals surface area contributed by atoms with Crippen molar-refractivity contribution in [2.24, 2.45) is 11.8 Å². The lowest BCUT2D eigenvalue weighted by Crippen LogP contribution is -2.57. The second kappa shape index (κ2) is 12.0. The number of rotatable bonds is 8. The Kier molecular flexibility index (Phi) is 9.13. The lowest BCUT2D eigenvalue weighted by atomic mass is 9.88. The average molecular weight is 426 g/mol. The normalized spacial score (nSPS) is 20.5. The van der Waals surface area contributed by atoms with Crippen LogP contribution in [0, 0.1) is 11.8 Å². The first-order valence-corrected chi connectivity index (χ1v) is 12.1. The largest absolute Gasteiger partial charge is 0.344 e. The van der Waals surface area contributed by atoms with E-state index < -0.39 is 6.04 Å². The van der Waals surface area contributed by atoms with Crippen LogP contribution in [0.4, 0.5) is 0 Å². The Morgan fingerprint density at radius 2 is 1.74 bits per heavy atom. The summed E-state index contributed by atoms with van der Waals surface area (Å²) < 4.78 is 0. The number of nitrogens with one attached hydrogen (secondary N) is 1. The molecule has 1 saturated heterocycles. The smallest absolute Gasteiger partial charge is 0.245 e. The molecule has 31 heavy (non-hydrogen) atoms. The van der Waals surface area contributed by atoms with Gasteiger partial charge in [0.25, 0.3) is 0 Å². The average Bonchev–Trinajstić information content (AvgIpc) is 2.83. The summed E-state index contributed by atoms with van der Waals surface area (Å²) in [6.45, 7) is 8.25. The van der Waals surface area contributed by atoms with Crippen molar-refractivity contribution in [3.8, 4) is 0 Å². The van der Waals surface area contributed by atoms with Crippen molar-refractivity contribution in [3.63, 3.8) is 0 Å². The predicted octanol–water partition coefficient (Wildman–Crippen LogP) is 3.96. The third kappa shape index (κ3) is 6.93. The van der Waals surface area contributed by atoms with Crippen LogP contribution in [0.25, 0.3) is 6.08 Å². The molecule has 3 rings (SSSR count). The molecule has 1 aliphatic heterocycles. The molecule has 0 spiro atoms. The van der Waals surface area contributed by atoms with Crippen LogP contribution in [0.15, 0.2) is 36.4 Å². The summed E-state index contributed by atoms with van der Waals surface area (Å²) in [6.07, 6.45) is 10.6. The number of nitrogens with zero attached hydrogens (tertiary/aromatic N) is 2. The van der Waals surface area contributed by atoms with Crippen LogP contribution in [0.5, 0.6) is 0 Å². The zero-order chi connectivity index (χ0) is 22.1. The van der Waals surface area contributed by atoms with Gasteiger partial charge in [-0.2, -0.15) is 0 Å². The maximum absolute atomic E-state index is 13.3. The quantitative estimate of drug-likeness (QED) is 0.686. The molecule has 1 saturated carbocycles. The van der Waals surface area contributed by atoms with E-state index in [0.717, 1.165) is 64.8 Å².